The molecule has 27 heavy (non-hydrogen) atoms. The van der Waals surface area contributed by atoms with E-state index in [1.165, 1.54) is 0 Å². The molecule has 1 fully saturated rings. The van der Waals surface area contributed by atoms with E-state index >= 15 is 0 Å². The van der Waals surface area contributed by atoms with Crippen molar-refractivity contribution in [2.24, 2.45) is 0 Å². The molecule has 1 amide bonds. The summed E-state index contributed by atoms with van der Waals surface area (Å²) in [7, 11) is 1.70. The highest BCUT2D eigenvalue weighted by Crippen LogP contribution is 2.28. The highest BCUT2D eigenvalue weighted by Gasteiger charge is 2.19. The smallest absolute Gasteiger partial charge is 0.251 e. The van der Waals surface area contributed by atoms with Crippen LogP contribution < -0.4 is 15.0 Å². The van der Waals surface area contributed by atoms with Gasteiger partial charge >= 0.3 is 0 Å². The number of carbonyl (C=O) groups is 1. The summed E-state index contributed by atoms with van der Waals surface area (Å²) >= 11 is 0. The first kappa shape index (κ1) is 18.7. The van der Waals surface area contributed by atoms with Crippen molar-refractivity contribution in [2.75, 3.05) is 51.3 Å². The van der Waals surface area contributed by atoms with Gasteiger partial charge in [0, 0.05) is 44.8 Å². The van der Waals surface area contributed by atoms with Gasteiger partial charge in [-0.1, -0.05) is 12.1 Å². The van der Waals surface area contributed by atoms with E-state index in [4.69, 9.17) is 10.00 Å². The lowest BCUT2D eigenvalue weighted by molar-refractivity contribution is 0.0947. The molecule has 0 aromatic heterocycles. The van der Waals surface area contributed by atoms with E-state index in [9.17, 15) is 4.79 Å². The summed E-state index contributed by atoms with van der Waals surface area (Å²) in [4.78, 5) is 16.8. The first-order valence-electron chi connectivity index (χ1n) is 9.10. The predicted octanol–water partition coefficient (Wildman–Crippen LogP) is 2.12. The number of nitrogens with zero attached hydrogens (tertiary/aromatic N) is 3. The summed E-state index contributed by atoms with van der Waals surface area (Å²) in [5.74, 6) is 0.799. The van der Waals surface area contributed by atoms with Crippen molar-refractivity contribution in [1.29, 1.82) is 5.26 Å². The van der Waals surface area contributed by atoms with Gasteiger partial charge in [0.05, 0.1) is 24.4 Å². The molecule has 1 saturated heterocycles. The van der Waals surface area contributed by atoms with Crippen LogP contribution in [0.1, 0.15) is 15.9 Å². The third-order valence-corrected chi connectivity index (χ3v) is 4.79. The Bertz CT molecular complexity index is 806. The second-order valence-corrected chi connectivity index (χ2v) is 6.45. The highest BCUT2D eigenvalue weighted by atomic mass is 16.5. The maximum absolute atomic E-state index is 12.2. The fraction of sp³-hybridized carbons (Fsp3) is 0.333. The number of nitrogens with one attached hydrogen (secondary N) is 1. The summed E-state index contributed by atoms with van der Waals surface area (Å²) in [6.45, 7) is 5.19. The Kier molecular flexibility index (Phi) is 6.29. The van der Waals surface area contributed by atoms with Crippen molar-refractivity contribution in [3.63, 3.8) is 0 Å². The number of rotatable bonds is 6. The Morgan fingerprint density at radius 1 is 1.11 bits per heavy atom. The fourth-order valence-electron chi connectivity index (χ4n) is 3.23. The first-order chi connectivity index (χ1) is 13.2. The van der Waals surface area contributed by atoms with Crippen molar-refractivity contribution >= 4 is 11.6 Å². The quantitative estimate of drug-likeness (QED) is 0.850. The van der Waals surface area contributed by atoms with Crippen LogP contribution in [0.25, 0.3) is 0 Å². The number of ether oxygens (including phenoxy) is 1. The Labute approximate surface area is 160 Å². The van der Waals surface area contributed by atoms with Gasteiger partial charge in [-0.05, 0) is 36.4 Å². The van der Waals surface area contributed by atoms with Crippen LogP contribution in [0.4, 0.5) is 5.69 Å². The number of amides is 1. The molecular formula is C21H24N4O2. The molecule has 1 aliphatic heterocycles. The minimum Gasteiger partial charge on any atom is -0.495 e. The van der Waals surface area contributed by atoms with Crippen molar-refractivity contribution in [1.82, 2.24) is 10.2 Å². The fourth-order valence-corrected chi connectivity index (χ4v) is 3.23. The summed E-state index contributed by atoms with van der Waals surface area (Å²) in [6, 6.07) is 16.8. The summed E-state index contributed by atoms with van der Waals surface area (Å²) in [6.07, 6.45) is 0. The van der Waals surface area contributed by atoms with Crippen molar-refractivity contribution < 1.29 is 9.53 Å². The normalized spacial score (nSPS) is 14.4. The molecule has 1 N–H and O–H groups in total. The van der Waals surface area contributed by atoms with Crippen LogP contribution in [0.3, 0.4) is 0 Å². The van der Waals surface area contributed by atoms with Gasteiger partial charge in [0.1, 0.15) is 5.75 Å². The van der Waals surface area contributed by atoms with Gasteiger partial charge in [-0.2, -0.15) is 5.26 Å². The van der Waals surface area contributed by atoms with Gasteiger partial charge in [0.15, 0.2) is 0 Å². The predicted molar refractivity (Wildman–Crippen MR) is 105 cm³/mol. The minimum absolute atomic E-state index is 0.104. The number of nitriles is 1. The second-order valence-electron chi connectivity index (χ2n) is 6.45. The maximum Gasteiger partial charge on any atom is 0.251 e. The number of anilines is 1. The molecule has 2 aromatic rings. The molecule has 140 valence electrons. The number of carbonyl (C=O) groups excluding carboxylic acids is 1. The van der Waals surface area contributed by atoms with E-state index in [2.05, 4.69) is 27.3 Å². The molecule has 0 unspecified atom stereocenters. The van der Waals surface area contributed by atoms with Crippen LogP contribution in [-0.2, 0) is 0 Å². The summed E-state index contributed by atoms with van der Waals surface area (Å²) < 4.78 is 5.45. The van der Waals surface area contributed by atoms with Gasteiger partial charge in [0.2, 0.25) is 0 Å². The Hall–Kier alpha value is -3.04. The lowest BCUT2D eigenvalue weighted by Gasteiger charge is -2.36. The van der Waals surface area contributed by atoms with E-state index < -0.39 is 0 Å². The lowest BCUT2D eigenvalue weighted by Crippen LogP contribution is -2.48. The number of hydrogen-bond donors (Lipinski definition) is 1. The number of benzene rings is 2. The molecule has 1 heterocycles. The number of para-hydroxylation sites is 2. The van der Waals surface area contributed by atoms with Crippen LogP contribution in [0.5, 0.6) is 5.75 Å². The number of hydrogen-bond acceptors (Lipinski definition) is 5. The van der Waals surface area contributed by atoms with Gasteiger partial charge in [-0.15, -0.1) is 0 Å². The molecule has 3 rings (SSSR count). The van der Waals surface area contributed by atoms with Crippen LogP contribution >= 0.6 is 0 Å². The van der Waals surface area contributed by atoms with E-state index in [0.29, 0.717) is 17.7 Å². The minimum atomic E-state index is -0.104. The molecule has 6 nitrogen and oxygen atoms in total. The Morgan fingerprint density at radius 2 is 1.81 bits per heavy atom. The molecule has 0 saturated carbocycles. The third kappa shape index (κ3) is 4.78. The third-order valence-electron chi connectivity index (χ3n) is 4.79. The van der Waals surface area contributed by atoms with Crippen LogP contribution in [-0.4, -0.2) is 57.2 Å². The van der Waals surface area contributed by atoms with Crippen LogP contribution in [0.2, 0.25) is 0 Å². The molecule has 0 bridgehead atoms. The SMILES string of the molecule is COc1ccccc1N1CCN(CCNC(=O)c2ccc(C#N)cc2)CC1. The molecule has 0 radical (unpaired) electrons. The van der Waals surface area contributed by atoms with Crippen LogP contribution in [0.15, 0.2) is 48.5 Å². The van der Waals surface area contributed by atoms with Gasteiger partial charge in [-0.25, -0.2) is 0 Å². The van der Waals surface area contributed by atoms with Gasteiger partial charge < -0.3 is 15.0 Å². The monoisotopic (exact) mass is 364 g/mol. The molecule has 0 aliphatic carbocycles. The lowest BCUT2D eigenvalue weighted by atomic mass is 10.1. The second kappa shape index (κ2) is 9.06. The topological polar surface area (TPSA) is 68.6 Å². The van der Waals surface area contributed by atoms with Crippen molar-refractivity contribution in [3.05, 3.63) is 59.7 Å². The Morgan fingerprint density at radius 3 is 2.48 bits per heavy atom. The van der Waals surface area contributed by atoms with E-state index in [1.54, 1.807) is 31.4 Å². The van der Waals surface area contributed by atoms with Crippen LogP contribution in [0, 0.1) is 11.3 Å². The first-order valence-corrected chi connectivity index (χ1v) is 9.10. The summed E-state index contributed by atoms with van der Waals surface area (Å²) in [5, 5.41) is 11.8. The van der Waals surface area contributed by atoms with Crippen molar-refractivity contribution in [3.8, 4) is 11.8 Å². The molecule has 6 heteroatoms. The molecular weight excluding hydrogens is 340 g/mol. The van der Waals surface area contributed by atoms with E-state index in [0.717, 1.165) is 44.2 Å². The molecule has 0 spiro atoms. The molecule has 0 atom stereocenters. The highest BCUT2D eigenvalue weighted by molar-refractivity contribution is 5.94. The van der Waals surface area contributed by atoms with E-state index in [-0.39, 0.29) is 5.91 Å². The van der Waals surface area contributed by atoms with Crippen molar-refractivity contribution in [2.45, 2.75) is 0 Å². The average molecular weight is 364 g/mol. The van der Waals surface area contributed by atoms with Gasteiger partial charge in [-0.3, -0.25) is 9.69 Å². The number of methoxy groups -OCH3 is 1. The zero-order valence-corrected chi connectivity index (χ0v) is 15.5. The average Bonchev–Trinajstić information content (AvgIpc) is 2.74. The van der Waals surface area contributed by atoms with Gasteiger partial charge in [0.25, 0.3) is 5.91 Å². The Balaban J connectivity index is 1.43. The summed E-state index contributed by atoms with van der Waals surface area (Å²) in [5.41, 5.74) is 2.27. The van der Waals surface area contributed by atoms with E-state index in [1.807, 2.05) is 18.2 Å². The molecule has 1 aliphatic rings. The maximum atomic E-state index is 12.2. The zero-order chi connectivity index (χ0) is 19.1. The standard InChI is InChI=1S/C21H24N4O2/c1-27-20-5-3-2-4-19(20)25-14-12-24(13-15-25)11-10-23-21(26)18-8-6-17(16-22)7-9-18/h2-9H,10-15H2,1H3,(H,23,26). The largest absolute Gasteiger partial charge is 0.495 e. The molecule has 2 aromatic carbocycles. The number of piperazine rings is 1. The zero-order valence-electron chi connectivity index (χ0n) is 15.5.